The zero-order chi connectivity index (χ0) is 11.9. The Balaban J connectivity index is 2.48. The Morgan fingerprint density at radius 2 is 2.06 bits per heavy atom. The van der Waals surface area contributed by atoms with E-state index in [4.69, 9.17) is 0 Å². The SMILES string of the molecule is CCC1(C)Nc2ccc(O)cc2C(C)C1C. The predicted molar refractivity (Wildman–Crippen MR) is 68.0 cm³/mol. The molecule has 0 amide bonds. The molecule has 0 fully saturated rings. The smallest absolute Gasteiger partial charge is 0.116 e. The average Bonchev–Trinajstić information content (AvgIpc) is 2.28. The second-order valence-corrected chi connectivity index (χ2v) is 5.24. The summed E-state index contributed by atoms with van der Waals surface area (Å²) in [5.41, 5.74) is 2.56. The van der Waals surface area contributed by atoms with Gasteiger partial charge in [0.1, 0.15) is 5.75 Å². The molecule has 0 saturated carbocycles. The number of phenols is 1. The Hall–Kier alpha value is -1.18. The van der Waals surface area contributed by atoms with Crippen molar-refractivity contribution < 1.29 is 5.11 Å². The van der Waals surface area contributed by atoms with Gasteiger partial charge in [-0.1, -0.05) is 20.8 Å². The maximum atomic E-state index is 9.55. The quantitative estimate of drug-likeness (QED) is 0.705. The van der Waals surface area contributed by atoms with Crippen molar-refractivity contribution in [2.45, 2.75) is 45.6 Å². The first-order valence-electron chi connectivity index (χ1n) is 6.09. The van der Waals surface area contributed by atoms with Crippen LogP contribution in [0.2, 0.25) is 0 Å². The lowest BCUT2D eigenvalue weighted by atomic mass is 9.71. The van der Waals surface area contributed by atoms with Crippen LogP contribution in [0, 0.1) is 5.92 Å². The van der Waals surface area contributed by atoms with E-state index in [0.29, 0.717) is 17.6 Å². The van der Waals surface area contributed by atoms with Crippen molar-refractivity contribution in [3.05, 3.63) is 23.8 Å². The molecule has 3 atom stereocenters. The minimum absolute atomic E-state index is 0.156. The van der Waals surface area contributed by atoms with Crippen LogP contribution in [-0.2, 0) is 0 Å². The van der Waals surface area contributed by atoms with Crippen LogP contribution in [0.5, 0.6) is 5.75 Å². The molecule has 0 aromatic heterocycles. The molecule has 2 heteroatoms. The summed E-state index contributed by atoms with van der Waals surface area (Å²) in [6, 6.07) is 5.63. The van der Waals surface area contributed by atoms with Crippen LogP contribution in [0.4, 0.5) is 5.69 Å². The Bertz CT molecular complexity index is 402. The molecule has 0 aliphatic carbocycles. The van der Waals surface area contributed by atoms with Crippen LogP contribution < -0.4 is 5.32 Å². The molecule has 0 spiro atoms. The van der Waals surface area contributed by atoms with Gasteiger partial charge in [0.2, 0.25) is 0 Å². The minimum Gasteiger partial charge on any atom is -0.508 e. The Kier molecular flexibility index (Phi) is 2.61. The van der Waals surface area contributed by atoms with Gasteiger partial charge in [-0.2, -0.15) is 0 Å². The maximum Gasteiger partial charge on any atom is 0.116 e. The van der Waals surface area contributed by atoms with Gasteiger partial charge in [-0.25, -0.2) is 0 Å². The zero-order valence-corrected chi connectivity index (χ0v) is 10.5. The number of anilines is 1. The second-order valence-electron chi connectivity index (χ2n) is 5.24. The lowest BCUT2D eigenvalue weighted by molar-refractivity contribution is 0.284. The van der Waals surface area contributed by atoms with E-state index in [1.165, 1.54) is 11.3 Å². The minimum atomic E-state index is 0.156. The number of aromatic hydroxyl groups is 1. The van der Waals surface area contributed by atoms with Crippen molar-refractivity contribution in [1.82, 2.24) is 0 Å². The van der Waals surface area contributed by atoms with Gasteiger partial charge in [0.15, 0.2) is 0 Å². The third-order valence-corrected chi connectivity index (χ3v) is 4.44. The number of rotatable bonds is 1. The lowest BCUT2D eigenvalue weighted by Crippen LogP contribution is -2.46. The standard InChI is InChI=1S/C14H21NO/c1-5-14(4)10(3)9(2)12-8-11(16)6-7-13(12)15-14/h6-10,15-16H,5H2,1-4H3. The molecule has 3 unspecified atom stereocenters. The molecule has 16 heavy (non-hydrogen) atoms. The van der Waals surface area contributed by atoms with Gasteiger partial charge in [0.05, 0.1) is 0 Å². The first-order chi connectivity index (χ1) is 7.48. The van der Waals surface area contributed by atoms with Crippen molar-refractivity contribution in [2.24, 2.45) is 5.92 Å². The fourth-order valence-electron chi connectivity index (χ4n) is 2.69. The van der Waals surface area contributed by atoms with E-state index < -0.39 is 0 Å². The van der Waals surface area contributed by atoms with Gasteiger partial charge in [0.25, 0.3) is 0 Å². The molecule has 1 aromatic rings. The fourth-order valence-corrected chi connectivity index (χ4v) is 2.69. The van der Waals surface area contributed by atoms with Gasteiger partial charge in [0, 0.05) is 11.2 Å². The van der Waals surface area contributed by atoms with Crippen molar-refractivity contribution in [2.75, 3.05) is 5.32 Å². The number of hydrogen-bond donors (Lipinski definition) is 2. The van der Waals surface area contributed by atoms with E-state index in [1.54, 1.807) is 6.07 Å². The predicted octanol–water partition coefficient (Wildman–Crippen LogP) is 3.73. The van der Waals surface area contributed by atoms with E-state index in [2.05, 4.69) is 33.0 Å². The number of hydrogen-bond acceptors (Lipinski definition) is 2. The molecule has 0 saturated heterocycles. The summed E-state index contributed by atoms with van der Waals surface area (Å²) in [5, 5.41) is 13.2. The van der Waals surface area contributed by atoms with Crippen LogP contribution >= 0.6 is 0 Å². The first kappa shape index (κ1) is 11.3. The van der Waals surface area contributed by atoms with E-state index >= 15 is 0 Å². The molecule has 1 aliphatic rings. The largest absolute Gasteiger partial charge is 0.508 e. The molecule has 88 valence electrons. The molecular weight excluding hydrogens is 198 g/mol. The third kappa shape index (κ3) is 1.57. The zero-order valence-electron chi connectivity index (χ0n) is 10.5. The summed E-state index contributed by atoms with van der Waals surface area (Å²) in [6.45, 7) is 9.04. The summed E-state index contributed by atoms with van der Waals surface area (Å²) in [5.74, 6) is 1.40. The molecular formula is C14H21NO. The molecule has 0 radical (unpaired) electrons. The monoisotopic (exact) mass is 219 g/mol. The molecule has 0 bridgehead atoms. The summed E-state index contributed by atoms with van der Waals surface area (Å²) >= 11 is 0. The summed E-state index contributed by atoms with van der Waals surface area (Å²) in [4.78, 5) is 0. The number of phenolic OH excluding ortho intramolecular Hbond substituents is 1. The average molecular weight is 219 g/mol. The molecule has 2 N–H and O–H groups in total. The van der Waals surface area contributed by atoms with E-state index in [1.807, 2.05) is 12.1 Å². The van der Waals surface area contributed by atoms with Crippen LogP contribution in [0.25, 0.3) is 0 Å². The van der Waals surface area contributed by atoms with E-state index in [9.17, 15) is 5.11 Å². The summed E-state index contributed by atoms with van der Waals surface area (Å²) in [6.07, 6.45) is 1.11. The van der Waals surface area contributed by atoms with Crippen molar-refractivity contribution in [1.29, 1.82) is 0 Å². The van der Waals surface area contributed by atoms with Gasteiger partial charge in [-0.05, 0) is 48.9 Å². The summed E-state index contributed by atoms with van der Waals surface area (Å²) < 4.78 is 0. The summed E-state index contributed by atoms with van der Waals surface area (Å²) in [7, 11) is 0. The maximum absolute atomic E-state index is 9.55. The number of fused-ring (bicyclic) bond motifs is 1. The Labute approximate surface area is 97.7 Å². The van der Waals surface area contributed by atoms with Crippen molar-refractivity contribution in [3.63, 3.8) is 0 Å². The van der Waals surface area contributed by atoms with Crippen LogP contribution in [0.15, 0.2) is 18.2 Å². The van der Waals surface area contributed by atoms with Crippen LogP contribution in [-0.4, -0.2) is 10.6 Å². The molecule has 1 aromatic carbocycles. The normalized spacial score (nSPS) is 33.0. The topological polar surface area (TPSA) is 32.3 Å². The highest BCUT2D eigenvalue weighted by molar-refractivity contribution is 5.59. The van der Waals surface area contributed by atoms with E-state index in [0.717, 1.165) is 6.42 Å². The van der Waals surface area contributed by atoms with Crippen LogP contribution in [0.3, 0.4) is 0 Å². The first-order valence-corrected chi connectivity index (χ1v) is 6.09. The van der Waals surface area contributed by atoms with Crippen molar-refractivity contribution >= 4 is 5.69 Å². The molecule has 2 nitrogen and oxygen atoms in total. The number of nitrogens with one attached hydrogen (secondary N) is 1. The van der Waals surface area contributed by atoms with Gasteiger partial charge < -0.3 is 10.4 Å². The number of benzene rings is 1. The van der Waals surface area contributed by atoms with Gasteiger partial charge in [-0.3, -0.25) is 0 Å². The fraction of sp³-hybridized carbons (Fsp3) is 0.571. The molecule has 1 heterocycles. The van der Waals surface area contributed by atoms with Gasteiger partial charge >= 0.3 is 0 Å². The highest BCUT2D eigenvalue weighted by Gasteiger charge is 2.38. The highest BCUT2D eigenvalue weighted by atomic mass is 16.3. The van der Waals surface area contributed by atoms with E-state index in [-0.39, 0.29) is 5.54 Å². The lowest BCUT2D eigenvalue weighted by Gasteiger charge is -2.45. The highest BCUT2D eigenvalue weighted by Crippen LogP contribution is 2.45. The molecule has 1 aliphatic heterocycles. The molecule has 2 rings (SSSR count). The Morgan fingerprint density at radius 1 is 1.38 bits per heavy atom. The van der Waals surface area contributed by atoms with Crippen molar-refractivity contribution in [3.8, 4) is 5.75 Å². The second kappa shape index (κ2) is 3.69. The Morgan fingerprint density at radius 3 is 2.69 bits per heavy atom. The van der Waals surface area contributed by atoms with Gasteiger partial charge in [-0.15, -0.1) is 0 Å². The van der Waals surface area contributed by atoms with Crippen LogP contribution in [0.1, 0.15) is 45.6 Å². The third-order valence-electron chi connectivity index (χ3n) is 4.44.